The van der Waals surface area contributed by atoms with E-state index in [1.54, 1.807) is 7.11 Å². The van der Waals surface area contributed by atoms with E-state index in [4.69, 9.17) is 9.26 Å². The maximum atomic E-state index is 12.8. The molecule has 0 unspecified atom stereocenters. The quantitative estimate of drug-likeness (QED) is 0.512. The molecule has 0 aliphatic carbocycles. The van der Waals surface area contributed by atoms with E-state index in [0.29, 0.717) is 30.6 Å². The van der Waals surface area contributed by atoms with Gasteiger partial charge in [0.15, 0.2) is 0 Å². The standard InChI is InChI=1S/C26H31N3O3/c1-18(2)20-9-11-21(12-10-20)25-27-26(32-28-25)22-5-4-16-29(17-22)24(30)15-8-19-6-13-23(31-3)14-7-19/h6-7,9-14,18,22H,4-5,8,15-17H2,1-3H3/t22-/m1/s1. The van der Waals surface area contributed by atoms with Crippen LogP contribution in [0.5, 0.6) is 5.75 Å². The maximum absolute atomic E-state index is 12.8. The number of amides is 1. The van der Waals surface area contributed by atoms with E-state index in [-0.39, 0.29) is 11.8 Å². The minimum absolute atomic E-state index is 0.0878. The van der Waals surface area contributed by atoms with Crippen LogP contribution in [-0.4, -0.2) is 41.1 Å². The molecule has 4 rings (SSSR count). The van der Waals surface area contributed by atoms with Crippen LogP contribution < -0.4 is 4.74 Å². The molecule has 0 radical (unpaired) electrons. The van der Waals surface area contributed by atoms with Gasteiger partial charge in [0.25, 0.3) is 0 Å². The zero-order chi connectivity index (χ0) is 22.5. The van der Waals surface area contributed by atoms with Crippen molar-refractivity contribution in [1.82, 2.24) is 15.0 Å². The Morgan fingerprint density at radius 2 is 1.91 bits per heavy atom. The number of piperidine rings is 1. The number of benzene rings is 2. The number of carbonyl (C=O) groups excluding carboxylic acids is 1. The van der Waals surface area contributed by atoms with Crippen molar-refractivity contribution in [1.29, 1.82) is 0 Å². The first-order valence-electron chi connectivity index (χ1n) is 11.4. The Balaban J connectivity index is 1.35. The van der Waals surface area contributed by atoms with Gasteiger partial charge in [-0.3, -0.25) is 4.79 Å². The number of ether oxygens (including phenoxy) is 1. The van der Waals surface area contributed by atoms with Gasteiger partial charge in [-0.2, -0.15) is 4.98 Å². The van der Waals surface area contributed by atoms with Crippen LogP contribution in [0.1, 0.15) is 62.0 Å². The zero-order valence-electron chi connectivity index (χ0n) is 19.1. The Bertz CT molecular complexity index is 1030. The molecule has 1 aliphatic heterocycles. The third-order valence-electron chi connectivity index (χ3n) is 6.19. The number of aryl methyl sites for hydroxylation is 1. The van der Waals surface area contributed by atoms with Crippen LogP contribution in [-0.2, 0) is 11.2 Å². The van der Waals surface area contributed by atoms with Crippen molar-refractivity contribution in [3.63, 3.8) is 0 Å². The molecule has 1 aliphatic rings. The summed E-state index contributed by atoms with van der Waals surface area (Å²) in [5.41, 5.74) is 3.37. The molecule has 0 N–H and O–H groups in total. The molecule has 0 bridgehead atoms. The Hall–Kier alpha value is -3.15. The summed E-state index contributed by atoms with van der Waals surface area (Å²) in [4.78, 5) is 19.4. The van der Waals surface area contributed by atoms with Crippen molar-refractivity contribution in [2.24, 2.45) is 0 Å². The molecule has 32 heavy (non-hydrogen) atoms. The van der Waals surface area contributed by atoms with Crippen LogP contribution in [0.2, 0.25) is 0 Å². The maximum Gasteiger partial charge on any atom is 0.231 e. The molecule has 1 atom stereocenters. The number of carbonyl (C=O) groups is 1. The summed E-state index contributed by atoms with van der Waals surface area (Å²) < 4.78 is 10.8. The summed E-state index contributed by atoms with van der Waals surface area (Å²) in [6.45, 7) is 5.77. The minimum atomic E-state index is 0.0878. The van der Waals surface area contributed by atoms with Crippen molar-refractivity contribution in [2.45, 2.75) is 51.4 Å². The van der Waals surface area contributed by atoms with Crippen LogP contribution in [0.25, 0.3) is 11.4 Å². The number of nitrogens with zero attached hydrogens (tertiary/aromatic N) is 3. The predicted molar refractivity (Wildman–Crippen MR) is 124 cm³/mol. The van der Waals surface area contributed by atoms with E-state index in [2.05, 4.69) is 36.1 Å². The topological polar surface area (TPSA) is 68.5 Å². The summed E-state index contributed by atoms with van der Waals surface area (Å²) in [6.07, 6.45) is 3.12. The number of hydrogen-bond donors (Lipinski definition) is 0. The first kappa shape index (κ1) is 22.1. The molecule has 0 saturated carbocycles. The third kappa shape index (κ3) is 5.18. The van der Waals surface area contributed by atoms with Crippen molar-refractivity contribution in [3.05, 3.63) is 65.5 Å². The normalized spacial score (nSPS) is 16.4. The Morgan fingerprint density at radius 1 is 1.16 bits per heavy atom. The zero-order valence-corrected chi connectivity index (χ0v) is 19.1. The van der Waals surface area contributed by atoms with Gasteiger partial charge in [-0.1, -0.05) is 55.4 Å². The van der Waals surface area contributed by atoms with Gasteiger partial charge in [0.1, 0.15) is 5.75 Å². The average Bonchev–Trinajstić information content (AvgIpc) is 3.33. The summed E-state index contributed by atoms with van der Waals surface area (Å²) >= 11 is 0. The van der Waals surface area contributed by atoms with Crippen molar-refractivity contribution < 1.29 is 14.1 Å². The van der Waals surface area contributed by atoms with Gasteiger partial charge in [0, 0.05) is 25.1 Å². The van der Waals surface area contributed by atoms with Gasteiger partial charge in [-0.05, 0) is 48.4 Å². The highest BCUT2D eigenvalue weighted by Gasteiger charge is 2.28. The number of methoxy groups -OCH3 is 1. The second-order valence-electron chi connectivity index (χ2n) is 8.76. The van der Waals surface area contributed by atoms with E-state index in [1.807, 2.05) is 41.3 Å². The van der Waals surface area contributed by atoms with Gasteiger partial charge in [-0.25, -0.2) is 0 Å². The second-order valence-corrected chi connectivity index (χ2v) is 8.76. The van der Waals surface area contributed by atoms with E-state index in [1.165, 1.54) is 5.56 Å². The summed E-state index contributed by atoms with van der Waals surface area (Å²) in [7, 11) is 1.65. The van der Waals surface area contributed by atoms with Crippen molar-refractivity contribution in [2.75, 3.05) is 20.2 Å². The number of likely N-dealkylation sites (tertiary alicyclic amines) is 1. The molecule has 6 nitrogen and oxygen atoms in total. The monoisotopic (exact) mass is 433 g/mol. The SMILES string of the molecule is COc1ccc(CCC(=O)N2CCC[C@@H](c3nc(-c4ccc(C(C)C)cc4)no3)C2)cc1. The molecule has 3 aromatic rings. The second kappa shape index (κ2) is 9.98. The van der Waals surface area contributed by atoms with E-state index >= 15 is 0 Å². The van der Waals surface area contributed by atoms with Crippen LogP contribution in [0, 0.1) is 0 Å². The molecule has 2 heterocycles. The lowest BCUT2D eigenvalue weighted by Crippen LogP contribution is -2.39. The van der Waals surface area contributed by atoms with Gasteiger partial charge < -0.3 is 14.2 Å². The lowest BCUT2D eigenvalue weighted by Gasteiger charge is -2.31. The number of aromatic nitrogens is 2. The summed E-state index contributed by atoms with van der Waals surface area (Å²) in [6, 6.07) is 16.2. The molecule has 0 spiro atoms. The Morgan fingerprint density at radius 3 is 2.59 bits per heavy atom. The molecule has 2 aromatic carbocycles. The van der Waals surface area contributed by atoms with Crippen LogP contribution in [0.4, 0.5) is 0 Å². The smallest absolute Gasteiger partial charge is 0.231 e. The highest BCUT2D eigenvalue weighted by molar-refractivity contribution is 5.76. The number of hydrogen-bond acceptors (Lipinski definition) is 5. The first-order chi connectivity index (χ1) is 15.5. The molecule has 1 saturated heterocycles. The Labute approximate surface area is 189 Å². The van der Waals surface area contributed by atoms with Gasteiger partial charge in [0.05, 0.1) is 13.0 Å². The molecule has 1 fully saturated rings. The summed E-state index contributed by atoms with van der Waals surface area (Å²) in [5, 5.41) is 4.20. The van der Waals surface area contributed by atoms with Crippen LogP contribution >= 0.6 is 0 Å². The highest BCUT2D eigenvalue weighted by Crippen LogP contribution is 2.28. The molecule has 6 heteroatoms. The minimum Gasteiger partial charge on any atom is -0.497 e. The van der Waals surface area contributed by atoms with Crippen molar-refractivity contribution >= 4 is 5.91 Å². The van der Waals surface area contributed by atoms with E-state index < -0.39 is 0 Å². The third-order valence-corrected chi connectivity index (χ3v) is 6.19. The van der Waals surface area contributed by atoms with Crippen LogP contribution in [0.3, 0.4) is 0 Å². The largest absolute Gasteiger partial charge is 0.497 e. The predicted octanol–water partition coefficient (Wildman–Crippen LogP) is 5.21. The van der Waals surface area contributed by atoms with E-state index in [0.717, 1.165) is 42.7 Å². The van der Waals surface area contributed by atoms with Gasteiger partial charge >= 0.3 is 0 Å². The fourth-order valence-electron chi connectivity index (χ4n) is 4.14. The van der Waals surface area contributed by atoms with Gasteiger partial charge in [0.2, 0.25) is 17.6 Å². The highest BCUT2D eigenvalue weighted by atomic mass is 16.5. The first-order valence-corrected chi connectivity index (χ1v) is 11.4. The van der Waals surface area contributed by atoms with Crippen molar-refractivity contribution in [3.8, 4) is 17.1 Å². The lowest BCUT2D eigenvalue weighted by molar-refractivity contribution is -0.132. The van der Waals surface area contributed by atoms with Crippen LogP contribution in [0.15, 0.2) is 53.1 Å². The Kier molecular flexibility index (Phi) is 6.88. The molecular formula is C26H31N3O3. The fourth-order valence-corrected chi connectivity index (χ4v) is 4.14. The average molecular weight is 434 g/mol. The molecule has 1 amide bonds. The molecule has 1 aromatic heterocycles. The lowest BCUT2D eigenvalue weighted by atomic mass is 9.97. The number of rotatable bonds is 7. The fraction of sp³-hybridized carbons (Fsp3) is 0.423. The molecule has 168 valence electrons. The van der Waals surface area contributed by atoms with E-state index in [9.17, 15) is 4.79 Å². The van der Waals surface area contributed by atoms with Gasteiger partial charge in [-0.15, -0.1) is 0 Å². The molecular weight excluding hydrogens is 402 g/mol. The summed E-state index contributed by atoms with van der Waals surface area (Å²) in [5.74, 6) is 2.81.